The molecule has 1 saturated heterocycles. The van der Waals surface area contributed by atoms with Crippen molar-refractivity contribution in [3.8, 4) is 11.8 Å². The Labute approximate surface area is 176 Å². The van der Waals surface area contributed by atoms with Crippen LogP contribution in [0.5, 0.6) is 0 Å². The van der Waals surface area contributed by atoms with Crippen LogP contribution in [0.2, 0.25) is 10.0 Å². The van der Waals surface area contributed by atoms with Crippen LogP contribution in [-0.4, -0.2) is 23.2 Å². The van der Waals surface area contributed by atoms with Crippen LogP contribution in [0.15, 0.2) is 30.6 Å². The van der Waals surface area contributed by atoms with E-state index < -0.39 is 5.82 Å². The fourth-order valence-corrected chi connectivity index (χ4v) is 4.00. The van der Waals surface area contributed by atoms with Gasteiger partial charge in [-0.15, -0.1) is 0 Å². The van der Waals surface area contributed by atoms with Gasteiger partial charge in [-0.3, -0.25) is 0 Å². The molecule has 1 aliphatic carbocycles. The van der Waals surface area contributed by atoms with Gasteiger partial charge in [0.1, 0.15) is 12.1 Å². The summed E-state index contributed by atoms with van der Waals surface area (Å²) < 4.78 is 19.8. The van der Waals surface area contributed by atoms with Crippen molar-refractivity contribution in [2.75, 3.05) is 24.3 Å². The van der Waals surface area contributed by atoms with Gasteiger partial charge in [0.25, 0.3) is 0 Å². The summed E-state index contributed by atoms with van der Waals surface area (Å²) in [5.74, 6) is 7.75. The zero-order valence-corrected chi connectivity index (χ0v) is 16.6. The molecule has 2 atom stereocenters. The van der Waals surface area contributed by atoms with Crippen molar-refractivity contribution in [1.29, 1.82) is 0 Å². The molecule has 29 heavy (non-hydrogen) atoms. The molecule has 0 spiro atoms. The second-order valence-corrected chi connectivity index (χ2v) is 7.97. The summed E-state index contributed by atoms with van der Waals surface area (Å²) in [5, 5.41) is 3.58. The fraction of sp³-hybridized carbons (Fsp3) is 0.238. The van der Waals surface area contributed by atoms with Crippen LogP contribution < -0.4 is 11.1 Å². The molecule has 3 N–H and O–H groups in total. The summed E-state index contributed by atoms with van der Waals surface area (Å²) >= 11 is 11.7. The van der Waals surface area contributed by atoms with Gasteiger partial charge in [0.2, 0.25) is 0 Å². The number of nitrogens with zero attached hydrogens (tertiary/aromatic N) is 2. The standard InChI is InChI=1S/C21H15Cl2FN4O/c22-15-3-4-17(20(24)19(15)23)28-21-12-6-16(25)10(5-18(12)26-9-27-21)1-2-11-13-7-29-8-14(11)13/h3-6,9,11,13-14H,7-8,25H2,(H,26,27,28). The summed E-state index contributed by atoms with van der Waals surface area (Å²) in [6.07, 6.45) is 1.40. The molecule has 1 saturated carbocycles. The van der Waals surface area contributed by atoms with E-state index in [1.54, 1.807) is 6.07 Å². The molecule has 0 radical (unpaired) electrons. The lowest BCUT2D eigenvalue weighted by Gasteiger charge is -2.11. The van der Waals surface area contributed by atoms with Gasteiger partial charge < -0.3 is 15.8 Å². The molecule has 0 amide bonds. The molecular formula is C21H15Cl2FN4O. The average molecular weight is 429 g/mol. The third-order valence-corrected chi connectivity index (χ3v) is 6.20. The number of nitrogens with two attached hydrogens (primary N) is 1. The van der Waals surface area contributed by atoms with E-state index in [4.69, 9.17) is 33.7 Å². The van der Waals surface area contributed by atoms with Crippen LogP contribution in [0.25, 0.3) is 10.9 Å². The lowest BCUT2D eigenvalue weighted by atomic mass is 10.1. The molecule has 0 bridgehead atoms. The van der Waals surface area contributed by atoms with E-state index in [9.17, 15) is 4.39 Å². The van der Waals surface area contributed by atoms with Crippen LogP contribution in [0.1, 0.15) is 5.56 Å². The molecule has 5 rings (SSSR count). The Morgan fingerprint density at radius 3 is 2.76 bits per heavy atom. The van der Waals surface area contributed by atoms with Gasteiger partial charge in [-0.25, -0.2) is 14.4 Å². The van der Waals surface area contributed by atoms with Gasteiger partial charge in [0.15, 0.2) is 5.82 Å². The Hall–Kier alpha value is -2.59. The van der Waals surface area contributed by atoms with Gasteiger partial charge in [-0.05, 0) is 24.3 Å². The smallest absolute Gasteiger partial charge is 0.166 e. The van der Waals surface area contributed by atoms with Crippen molar-refractivity contribution in [3.05, 3.63) is 52.0 Å². The highest BCUT2D eigenvalue weighted by Crippen LogP contribution is 2.50. The molecule has 2 fully saturated rings. The Morgan fingerprint density at radius 1 is 1.17 bits per heavy atom. The zero-order chi connectivity index (χ0) is 20.1. The molecule has 2 unspecified atom stereocenters. The van der Waals surface area contributed by atoms with Crippen molar-refractivity contribution in [1.82, 2.24) is 9.97 Å². The summed E-state index contributed by atoms with van der Waals surface area (Å²) in [6, 6.07) is 6.58. The monoisotopic (exact) mass is 428 g/mol. The van der Waals surface area contributed by atoms with Crippen LogP contribution in [0, 0.1) is 35.4 Å². The molecular weight excluding hydrogens is 414 g/mol. The number of fused-ring (bicyclic) bond motifs is 2. The number of ether oxygens (including phenoxy) is 1. The second kappa shape index (κ2) is 7.03. The Kier molecular flexibility index (Phi) is 4.47. The van der Waals surface area contributed by atoms with Crippen LogP contribution in [0.4, 0.5) is 21.6 Å². The predicted octanol–water partition coefficient (Wildman–Crippen LogP) is 4.65. The van der Waals surface area contributed by atoms with Crippen molar-refractivity contribution in [2.45, 2.75) is 0 Å². The second-order valence-electron chi connectivity index (χ2n) is 7.19. The summed E-state index contributed by atoms with van der Waals surface area (Å²) in [5.41, 5.74) is 8.26. The van der Waals surface area contributed by atoms with Gasteiger partial charge in [0, 0.05) is 34.4 Å². The van der Waals surface area contributed by atoms with E-state index in [1.165, 1.54) is 18.5 Å². The Bertz CT molecular complexity index is 1200. The van der Waals surface area contributed by atoms with Gasteiger partial charge in [-0.1, -0.05) is 35.0 Å². The van der Waals surface area contributed by atoms with Gasteiger partial charge in [-0.2, -0.15) is 0 Å². The molecule has 3 aromatic rings. The van der Waals surface area contributed by atoms with E-state index in [-0.39, 0.29) is 15.7 Å². The molecule has 1 aliphatic heterocycles. The first-order chi connectivity index (χ1) is 14.0. The number of rotatable bonds is 2. The fourth-order valence-electron chi connectivity index (χ4n) is 3.69. The number of hydrogen-bond donors (Lipinski definition) is 2. The normalized spacial score (nSPS) is 22.1. The number of benzene rings is 2. The number of hydrogen-bond acceptors (Lipinski definition) is 5. The number of nitrogen functional groups attached to an aromatic ring is 1. The first kappa shape index (κ1) is 18.4. The highest BCUT2D eigenvalue weighted by molar-refractivity contribution is 6.42. The Morgan fingerprint density at radius 2 is 1.97 bits per heavy atom. The zero-order valence-electron chi connectivity index (χ0n) is 15.0. The highest BCUT2D eigenvalue weighted by Gasteiger charge is 2.53. The van der Waals surface area contributed by atoms with Crippen molar-refractivity contribution in [2.24, 2.45) is 17.8 Å². The summed E-state index contributed by atoms with van der Waals surface area (Å²) in [6.45, 7) is 1.59. The van der Waals surface area contributed by atoms with Gasteiger partial charge >= 0.3 is 0 Å². The third kappa shape index (κ3) is 3.25. The average Bonchev–Trinajstić information content (AvgIpc) is 3.14. The first-order valence-corrected chi connectivity index (χ1v) is 9.82. The van der Waals surface area contributed by atoms with E-state index in [0.717, 1.165) is 13.2 Å². The largest absolute Gasteiger partial charge is 0.398 e. The molecule has 2 aromatic carbocycles. The summed E-state index contributed by atoms with van der Waals surface area (Å²) in [4.78, 5) is 8.52. The molecule has 2 heterocycles. The number of anilines is 3. The third-order valence-electron chi connectivity index (χ3n) is 5.42. The molecule has 2 aliphatic rings. The molecule has 1 aromatic heterocycles. The molecule has 5 nitrogen and oxygen atoms in total. The lowest BCUT2D eigenvalue weighted by molar-refractivity contribution is 0.158. The quantitative estimate of drug-likeness (QED) is 0.353. The SMILES string of the molecule is Nc1cc2c(Nc3ccc(Cl)c(Cl)c3F)ncnc2cc1C#CC1C2COCC12. The predicted molar refractivity (Wildman–Crippen MR) is 112 cm³/mol. The van der Waals surface area contributed by atoms with E-state index in [1.807, 2.05) is 6.07 Å². The van der Waals surface area contributed by atoms with Crippen molar-refractivity contribution in [3.63, 3.8) is 0 Å². The van der Waals surface area contributed by atoms with Crippen LogP contribution >= 0.6 is 23.2 Å². The highest BCUT2D eigenvalue weighted by atomic mass is 35.5. The molecule has 8 heteroatoms. The van der Waals surface area contributed by atoms with Crippen LogP contribution in [-0.2, 0) is 4.74 Å². The topological polar surface area (TPSA) is 73.1 Å². The summed E-state index contributed by atoms with van der Waals surface area (Å²) in [7, 11) is 0. The van der Waals surface area contributed by atoms with E-state index in [2.05, 4.69) is 27.1 Å². The first-order valence-electron chi connectivity index (χ1n) is 9.07. The molecule has 146 valence electrons. The van der Waals surface area contributed by atoms with E-state index in [0.29, 0.717) is 45.7 Å². The van der Waals surface area contributed by atoms with E-state index >= 15 is 0 Å². The van der Waals surface area contributed by atoms with Crippen molar-refractivity contribution >= 4 is 51.3 Å². The van der Waals surface area contributed by atoms with Crippen LogP contribution in [0.3, 0.4) is 0 Å². The van der Waals surface area contributed by atoms with Gasteiger partial charge in [0.05, 0.1) is 34.5 Å². The van der Waals surface area contributed by atoms with Crippen molar-refractivity contribution < 1.29 is 9.13 Å². The minimum atomic E-state index is -0.652. The maximum atomic E-state index is 14.4. The number of halogens is 3. The maximum Gasteiger partial charge on any atom is 0.166 e. The lowest BCUT2D eigenvalue weighted by Crippen LogP contribution is -2.00. The Balaban J connectivity index is 1.48. The maximum absolute atomic E-state index is 14.4. The number of nitrogens with one attached hydrogen (secondary N) is 1. The number of aromatic nitrogens is 2. The minimum absolute atomic E-state index is 0.140. The minimum Gasteiger partial charge on any atom is -0.398 e.